The topological polar surface area (TPSA) is 105 Å². The van der Waals surface area contributed by atoms with E-state index in [0.29, 0.717) is 13.0 Å². The maximum atomic E-state index is 12.8. The quantitative estimate of drug-likeness (QED) is 0.546. The molecule has 1 aliphatic heterocycles. The van der Waals surface area contributed by atoms with Gasteiger partial charge in [-0.1, -0.05) is 26.7 Å². The van der Waals surface area contributed by atoms with Gasteiger partial charge in [0.15, 0.2) is 6.10 Å². The number of nitrogens with zero attached hydrogens (tertiary/aromatic N) is 1. The summed E-state index contributed by atoms with van der Waals surface area (Å²) >= 11 is 0. The van der Waals surface area contributed by atoms with Crippen molar-refractivity contribution in [2.45, 2.75) is 64.5 Å². The molecule has 0 aromatic carbocycles. The minimum Gasteiger partial charge on any atom is -0.451 e. The first-order valence-electron chi connectivity index (χ1n) is 8.93. The van der Waals surface area contributed by atoms with Gasteiger partial charge in [0.25, 0.3) is 11.8 Å². The van der Waals surface area contributed by atoms with E-state index in [2.05, 4.69) is 10.6 Å². The monoisotopic (exact) mass is 353 g/mol. The van der Waals surface area contributed by atoms with Gasteiger partial charge in [0.1, 0.15) is 12.1 Å². The summed E-state index contributed by atoms with van der Waals surface area (Å²) in [5, 5.41) is 5.40. The molecule has 2 aliphatic rings. The third-order valence-corrected chi connectivity index (χ3v) is 5.02. The van der Waals surface area contributed by atoms with Crippen LogP contribution in [0.25, 0.3) is 0 Å². The molecule has 4 amide bonds. The number of carbonyl (C=O) groups is 4. The second-order valence-corrected chi connectivity index (χ2v) is 6.86. The van der Waals surface area contributed by atoms with Crippen LogP contribution in [-0.2, 0) is 19.1 Å². The molecule has 140 valence electrons. The van der Waals surface area contributed by atoms with E-state index in [1.807, 2.05) is 13.8 Å². The predicted molar refractivity (Wildman–Crippen MR) is 89.5 cm³/mol. The number of imide groups is 1. The smallest absolute Gasteiger partial charge is 0.327 e. The van der Waals surface area contributed by atoms with E-state index in [0.717, 1.165) is 30.6 Å². The van der Waals surface area contributed by atoms with E-state index in [4.69, 9.17) is 4.74 Å². The van der Waals surface area contributed by atoms with Crippen molar-refractivity contribution in [3.63, 3.8) is 0 Å². The molecule has 0 aromatic rings. The van der Waals surface area contributed by atoms with Crippen LogP contribution in [-0.4, -0.2) is 53.4 Å². The van der Waals surface area contributed by atoms with Crippen molar-refractivity contribution in [1.29, 1.82) is 0 Å². The Hall–Kier alpha value is -2.12. The first-order chi connectivity index (χ1) is 11.8. The van der Waals surface area contributed by atoms with Gasteiger partial charge in [0.05, 0.1) is 0 Å². The van der Waals surface area contributed by atoms with E-state index < -0.39 is 36.1 Å². The average molecular weight is 353 g/mol. The van der Waals surface area contributed by atoms with E-state index in [-0.39, 0.29) is 11.8 Å². The van der Waals surface area contributed by atoms with Crippen LogP contribution in [0.2, 0.25) is 0 Å². The molecular formula is C17H27N3O5. The largest absolute Gasteiger partial charge is 0.451 e. The van der Waals surface area contributed by atoms with Crippen molar-refractivity contribution in [3.8, 4) is 0 Å². The summed E-state index contributed by atoms with van der Waals surface area (Å²) in [5.41, 5.74) is -0.903. The van der Waals surface area contributed by atoms with Crippen LogP contribution < -0.4 is 10.6 Å². The Bertz CT molecular complexity index is 564. The van der Waals surface area contributed by atoms with Crippen LogP contribution in [0.4, 0.5) is 4.79 Å². The van der Waals surface area contributed by atoms with Gasteiger partial charge >= 0.3 is 12.0 Å². The molecule has 8 heteroatoms. The van der Waals surface area contributed by atoms with Crippen LogP contribution in [0.5, 0.6) is 0 Å². The Morgan fingerprint density at radius 2 is 2.12 bits per heavy atom. The number of esters is 1. The molecule has 0 bridgehead atoms. The maximum absolute atomic E-state index is 12.8. The molecule has 25 heavy (non-hydrogen) atoms. The second-order valence-electron chi connectivity index (χ2n) is 6.86. The van der Waals surface area contributed by atoms with Gasteiger partial charge in [-0.2, -0.15) is 0 Å². The molecule has 8 nitrogen and oxygen atoms in total. The van der Waals surface area contributed by atoms with Gasteiger partial charge < -0.3 is 15.4 Å². The highest BCUT2D eigenvalue weighted by atomic mass is 16.5. The lowest BCUT2D eigenvalue weighted by Gasteiger charge is -2.36. The van der Waals surface area contributed by atoms with Crippen LogP contribution >= 0.6 is 0 Å². The SMILES string of the molecule is CCCNC(=O)C(C)OC(=O)CN1C(=O)NC2(CCCCC2C)C1=O. The van der Waals surface area contributed by atoms with Gasteiger partial charge in [-0.25, -0.2) is 4.79 Å². The molecule has 0 radical (unpaired) electrons. The highest BCUT2D eigenvalue weighted by Crippen LogP contribution is 2.38. The number of hydrogen-bond donors (Lipinski definition) is 2. The molecule has 2 rings (SSSR count). The molecule has 0 aromatic heterocycles. The Morgan fingerprint density at radius 3 is 2.76 bits per heavy atom. The molecule has 1 saturated heterocycles. The highest BCUT2D eigenvalue weighted by Gasteiger charge is 2.55. The minimum atomic E-state index is -0.970. The maximum Gasteiger partial charge on any atom is 0.327 e. The number of carbonyl (C=O) groups excluding carboxylic acids is 4. The van der Waals surface area contributed by atoms with Crippen LogP contribution in [0.15, 0.2) is 0 Å². The average Bonchev–Trinajstić information content (AvgIpc) is 2.80. The zero-order chi connectivity index (χ0) is 18.6. The Morgan fingerprint density at radius 1 is 1.40 bits per heavy atom. The van der Waals surface area contributed by atoms with Crippen molar-refractivity contribution in [3.05, 3.63) is 0 Å². The number of amides is 4. The van der Waals surface area contributed by atoms with Crippen LogP contribution in [0.3, 0.4) is 0 Å². The van der Waals surface area contributed by atoms with Crippen molar-refractivity contribution in [2.75, 3.05) is 13.1 Å². The fraction of sp³-hybridized carbons (Fsp3) is 0.765. The Kier molecular flexibility index (Phi) is 6.02. The fourth-order valence-electron chi connectivity index (χ4n) is 3.45. The number of hydrogen-bond acceptors (Lipinski definition) is 5. The lowest BCUT2D eigenvalue weighted by Crippen LogP contribution is -2.54. The summed E-state index contributed by atoms with van der Waals surface area (Å²) in [6, 6.07) is -0.571. The van der Waals surface area contributed by atoms with Gasteiger partial charge in [0, 0.05) is 6.54 Å². The standard InChI is InChI=1S/C17H27N3O5/c1-4-9-18-14(22)12(3)25-13(21)10-20-15(23)17(19-16(20)24)8-6-5-7-11(17)2/h11-12H,4-10H2,1-3H3,(H,18,22)(H,19,24). The van der Waals surface area contributed by atoms with Gasteiger partial charge in [-0.05, 0) is 32.1 Å². The summed E-state index contributed by atoms with van der Waals surface area (Å²) in [4.78, 5) is 49.7. The molecule has 1 aliphatic carbocycles. The van der Waals surface area contributed by atoms with E-state index in [9.17, 15) is 19.2 Å². The fourth-order valence-corrected chi connectivity index (χ4v) is 3.45. The van der Waals surface area contributed by atoms with Crippen LogP contribution in [0, 0.1) is 5.92 Å². The number of rotatable bonds is 6. The third-order valence-electron chi connectivity index (χ3n) is 5.02. The summed E-state index contributed by atoms with van der Waals surface area (Å²) in [6.45, 7) is 5.33. The summed E-state index contributed by atoms with van der Waals surface area (Å²) in [5.74, 6) is -1.52. The van der Waals surface area contributed by atoms with E-state index >= 15 is 0 Å². The molecule has 1 heterocycles. The molecular weight excluding hydrogens is 326 g/mol. The van der Waals surface area contributed by atoms with Crippen molar-refractivity contribution >= 4 is 23.8 Å². The number of ether oxygens (including phenoxy) is 1. The summed E-state index contributed by atoms with van der Waals surface area (Å²) < 4.78 is 5.05. The first-order valence-corrected chi connectivity index (χ1v) is 8.93. The predicted octanol–water partition coefficient (Wildman–Crippen LogP) is 0.945. The Balaban J connectivity index is 1.95. The molecule has 2 fully saturated rings. The summed E-state index contributed by atoms with van der Waals surface area (Å²) in [6.07, 6.45) is 3.14. The first kappa shape index (κ1) is 19.2. The Labute approximate surface area is 147 Å². The molecule has 3 atom stereocenters. The number of urea groups is 1. The molecule has 1 spiro atoms. The highest BCUT2D eigenvalue weighted by molar-refractivity contribution is 6.09. The van der Waals surface area contributed by atoms with Crippen LogP contribution in [0.1, 0.15) is 52.9 Å². The number of nitrogens with one attached hydrogen (secondary N) is 2. The summed E-state index contributed by atoms with van der Waals surface area (Å²) in [7, 11) is 0. The molecule has 1 saturated carbocycles. The van der Waals surface area contributed by atoms with Crippen molar-refractivity contribution in [2.24, 2.45) is 5.92 Å². The third kappa shape index (κ3) is 3.93. The lowest BCUT2D eigenvalue weighted by atomic mass is 9.73. The van der Waals surface area contributed by atoms with Crippen molar-refractivity contribution in [1.82, 2.24) is 15.5 Å². The molecule has 3 unspecified atom stereocenters. The van der Waals surface area contributed by atoms with Gasteiger partial charge in [-0.15, -0.1) is 0 Å². The lowest BCUT2D eigenvalue weighted by molar-refractivity contribution is -0.157. The zero-order valence-electron chi connectivity index (χ0n) is 15.1. The minimum absolute atomic E-state index is 0.0254. The zero-order valence-corrected chi connectivity index (χ0v) is 15.1. The second kappa shape index (κ2) is 7.84. The van der Waals surface area contributed by atoms with Crippen molar-refractivity contribution < 1.29 is 23.9 Å². The van der Waals surface area contributed by atoms with Gasteiger partial charge in [-0.3, -0.25) is 19.3 Å². The molecule has 2 N–H and O–H groups in total. The van der Waals surface area contributed by atoms with E-state index in [1.54, 1.807) is 0 Å². The van der Waals surface area contributed by atoms with E-state index in [1.165, 1.54) is 6.92 Å². The normalized spacial score (nSPS) is 27.2. The van der Waals surface area contributed by atoms with Gasteiger partial charge in [0.2, 0.25) is 0 Å².